The molecule has 11 nitrogen and oxygen atoms in total. The van der Waals surface area contributed by atoms with E-state index in [1.165, 1.54) is 6.92 Å². The zero-order valence-electron chi connectivity index (χ0n) is 26.1. The average Bonchev–Trinajstić information content (AvgIpc) is 3.48. The van der Waals surface area contributed by atoms with Crippen LogP contribution in [0.15, 0.2) is 36.5 Å². The van der Waals surface area contributed by atoms with Crippen molar-refractivity contribution in [3.8, 4) is 0 Å². The fraction of sp³-hybridized carbons (Fsp3) is 0.594. The summed E-state index contributed by atoms with van der Waals surface area (Å²) in [5, 5.41) is 13.1. The maximum atomic E-state index is 13.6. The molecule has 2 aliphatic rings. The van der Waals surface area contributed by atoms with Gasteiger partial charge < -0.3 is 25.8 Å². The monoisotopic (exact) mass is 593 g/mol. The second-order valence-electron chi connectivity index (χ2n) is 12.2. The molecule has 2 aromatic rings. The summed E-state index contributed by atoms with van der Waals surface area (Å²) in [6.07, 6.45) is 5.37. The topological polar surface area (TPSA) is 129 Å². The van der Waals surface area contributed by atoms with Crippen molar-refractivity contribution in [2.24, 2.45) is 11.8 Å². The van der Waals surface area contributed by atoms with Gasteiger partial charge in [0, 0.05) is 57.4 Å². The van der Waals surface area contributed by atoms with Crippen LogP contribution < -0.4 is 16.0 Å². The number of aryl methyl sites for hydroxylation is 1. The van der Waals surface area contributed by atoms with Crippen LogP contribution in [0.2, 0.25) is 0 Å². The summed E-state index contributed by atoms with van der Waals surface area (Å²) in [6.45, 7) is 10.9. The summed E-state index contributed by atoms with van der Waals surface area (Å²) in [5.74, 6) is -0.532. The summed E-state index contributed by atoms with van der Waals surface area (Å²) in [6, 6.07) is 7.67. The molecule has 1 aliphatic carbocycles. The van der Waals surface area contributed by atoms with Gasteiger partial charge in [0.2, 0.25) is 17.7 Å². The highest BCUT2D eigenvalue weighted by atomic mass is 16.2. The summed E-state index contributed by atoms with van der Waals surface area (Å²) in [7, 11) is 2.03. The van der Waals surface area contributed by atoms with Crippen LogP contribution in [0.4, 0.5) is 5.69 Å². The van der Waals surface area contributed by atoms with Crippen LogP contribution in [-0.4, -0.2) is 88.5 Å². The summed E-state index contributed by atoms with van der Waals surface area (Å²) in [4.78, 5) is 56.3. The molecule has 1 saturated carbocycles. The summed E-state index contributed by atoms with van der Waals surface area (Å²) < 4.78 is 1.62. The van der Waals surface area contributed by atoms with Gasteiger partial charge in [0.1, 0.15) is 17.8 Å². The van der Waals surface area contributed by atoms with Crippen molar-refractivity contribution in [3.63, 3.8) is 0 Å². The normalized spacial score (nSPS) is 21.4. The van der Waals surface area contributed by atoms with E-state index in [1.54, 1.807) is 16.9 Å². The lowest BCUT2D eigenvalue weighted by Gasteiger charge is -2.36. The van der Waals surface area contributed by atoms with E-state index in [2.05, 4.69) is 32.9 Å². The molecule has 43 heavy (non-hydrogen) atoms. The van der Waals surface area contributed by atoms with E-state index in [-0.39, 0.29) is 35.5 Å². The molecule has 0 spiro atoms. The molecule has 3 N–H and O–H groups in total. The number of hydrogen-bond acceptors (Lipinski definition) is 6. The number of anilines is 1. The van der Waals surface area contributed by atoms with E-state index >= 15 is 0 Å². The smallest absolute Gasteiger partial charge is 0.270 e. The van der Waals surface area contributed by atoms with Crippen molar-refractivity contribution in [2.75, 3.05) is 38.5 Å². The molecule has 0 bridgehead atoms. The number of carbonyl (C=O) groups excluding carboxylic acids is 4. The average molecular weight is 594 g/mol. The maximum absolute atomic E-state index is 13.6. The van der Waals surface area contributed by atoms with E-state index in [4.69, 9.17) is 0 Å². The minimum Gasteiger partial charge on any atom is -0.344 e. The lowest BCUT2D eigenvalue weighted by molar-refractivity contribution is -0.138. The Morgan fingerprint density at radius 2 is 1.60 bits per heavy atom. The zero-order chi connectivity index (χ0) is 31.1. The van der Waals surface area contributed by atoms with Gasteiger partial charge in [0.15, 0.2) is 0 Å². The fourth-order valence-electron chi connectivity index (χ4n) is 6.13. The highest BCUT2D eigenvalue weighted by Crippen LogP contribution is 2.31. The number of benzene rings is 1. The molecule has 11 heteroatoms. The molecule has 4 amide bonds. The number of likely N-dealkylation sites (N-methyl/N-ethyl adjacent to an activating group) is 1. The lowest BCUT2D eigenvalue weighted by Crippen LogP contribution is -2.55. The number of aromatic nitrogens is 2. The first-order valence-electron chi connectivity index (χ1n) is 15.5. The molecule has 0 radical (unpaired) electrons. The van der Waals surface area contributed by atoms with Crippen molar-refractivity contribution in [1.29, 1.82) is 0 Å². The molecule has 2 fully saturated rings. The van der Waals surface area contributed by atoms with Gasteiger partial charge in [-0.1, -0.05) is 38.8 Å². The molecule has 2 heterocycles. The predicted octanol–water partition coefficient (Wildman–Crippen LogP) is 2.85. The van der Waals surface area contributed by atoms with Crippen LogP contribution in [0.3, 0.4) is 0 Å². The third-order valence-electron chi connectivity index (χ3n) is 8.99. The van der Waals surface area contributed by atoms with Crippen LogP contribution in [-0.2, 0) is 20.9 Å². The van der Waals surface area contributed by atoms with Crippen molar-refractivity contribution in [3.05, 3.63) is 47.8 Å². The Kier molecular flexibility index (Phi) is 11.0. The van der Waals surface area contributed by atoms with E-state index < -0.39 is 12.1 Å². The minimum absolute atomic E-state index is 0.0384. The van der Waals surface area contributed by atoms with Gasteiger partial charge in [-0.15, -0.1) is 0 Å². The van der Waals surface area contributed by atoms with Gasteiger partial charge in [-0.25, -0.2) is 0 Å². The maximum Gasteiger partial charge on any atom is 0.270 e. The number of carbonyl (C=O) groups is 4. The Morgan fingerprint density at radius 1 is 0.953 bits per heavy atom. The van der Waals surface area contributed by atoms with Gasteiger partial charge in [0.25, 0.3) is 5.91 Å². The fourth-order valence-corrected chi connectivity index (χ4v) is 6.13. The Hall–Kier alpha value is -3.73. The Balaban J connectivity index is 1.46. The molecule has 1 aromatic heterocycles. The third kappa shape index (κ3) is 8.22. The number of hydrogen-bond donors (Lipinski definition) is 3. The highest BCUT2D eigenvalue weighted by Gasteiger charge is 2.34. The summed E-state index contributed by atoms with van der Waals surface area (Å²) in [5.41, 5.74) is 1.91. The van der Waals surface area contributed by atoms with Gasteiger partial charge in [0.05, 0.1) is 0 Å². The van der Waals surface area contributed by atoms with E-state index in [1.807, 2.05) is 50.1 Å². The minimum atomic E-state index is -0.689. The highest BCUT2D eigenvalue weighted by molar-refractivity contribution is 6.00. The van der Waals surface area contributed by atoms with Crippen LogP contribution in [0.25, 0.3) is 0 Å². The Labute approximate surface area is 254 Å². The van der Waals surface area contributed by atoms with Gasteiger partial charge in [-0.2, -0.15) is 5.10 Å². The van der Waals surface area contributed by atoms with Crippen molar-refractivity contribution in [2.45, 2.75) is 77.9 Å². The molecule has 1 aromatic carbocycles. The SMILES string of the molecule is CCn1nccc1C(=O)N[C@H](C(=O)Nc1ccc([C@H](C)[C@@H](NC(C)=O)C(=O)N2CCN(C)CC2)cc1)C1CCC(C)CC1. The molecule has 1 saturated heterocycles. The Morgan fingerprint density at radius 3 is 2.21 bits per heavy atom. The molecule has 234 valence electrons. The molecule has 1 aliphatic heterocycles. The van der Waals surface area contributed by atoms with Gasteiger partial charge in [-0.3, -0.25) is 23.9 Å². The predicted molar refractivity (Wildman–Crippen MR) is 165 cm³/mol. The Bertz CT molecular complexity index is 1260. The quantitative estimate of drug-likeness (QED) is 0.389. The molecule has 3 atom stereocenters. The third-order valence-corrected chi connectivity index (χ3v) is 8.99. The first-order valence-corrected chi connectivity index (χ1v) is 15.5. The molecule has 0 unspecified atom stereocenters. The first kappa shape index (κ1) is 32.2. The van der Waals surface area contributed by atoms with E-state index in [9.17, 15) is 19.2 Å². The van der Waals surface area contributed by atoms with Gasteiger partial charge >= 0.3 is 0 Å². The van der Waals surface area contributed by atoms with E-state index in [0.29, 0.717) is 36.9 Å². The van der Waals surface area contributed by atoms with Crippen molar-refractivity contribution >= 4 is 29.3 Å². The largest absolute Gasteiger partial charge is 0.344 e. The standard InChI is InChI=1S/C32H47N7O4/c1-6-39-27(15-16-33-39)30(41)36-29(25-9-7-21(2)8-10-25)31(42)35-26-13-11-24(12-14-26)22(3)28(34-23(4)40)32(43)38-19-17-37(5)18-20-38/h11-16,21-22,25,28-29H,6-10,17-20H2,1-5H3,(H,34,40)(H,35,42)(H,36,41)/t21?,22-,25?,28+,29-/m0/s1. The van der Waals surface area contributed by atoms with Crippen molar-refractivity contribution < 1.29 is 19.2 Å². The number of nitrogens with one attached hydrogen (secondary N) is 3. The second-order valence-corrected chi connectivity index (χ2v) is 12.2. The van der Waals surface area contributed by atoms with Crippen LogP contribution in [0, 0.1) is 11.8 Å². The van der Waals surface area contributed by atoms with Crippen LogP contribution >= 0.6 is 0 Å². The number of amides is 4. The van der Waals surface area contributed by atoms with Gasteiger partial charge in [-0.05, 0) is 62.4 Å². The molecule has 4 rings (SSSR count). The van der Waals surface area contributed by atoms with Crippen molar-refractivity contribution in [1.82, 2.24) is 30.2 Å². The van der Waals surface area contributed by atoms with Crippen LogP contribution in [0.5, 0.6) is 0 Å². The number of rotatable bonds is 10. The first-order chi connectivity index (χ1) is 20.6. The summed E-state index contributed by atoms with van der Waals surface area (Å²) >= 11 is 0. The number of nitrogens with zero attached hydrogens (tertiary/aromatic N) is 4. The molecular weight excluding hydrogens is 546 g/mol. The molecular formula is C32H47N7O4. The zero-order valence-corrected chi connectivity index (χ0v) is 26.1. The lowest BCUT2D eigenvalue weighted by atomic mass is 9.79. The van der Waals surface area contributed by atoms with Crippen LogP contribution in [0.1, 0.15) is 75.3 Å². The number of piperazine rings is 1. The second kappa shape index (κ2) is 14.6. The van der Waals surface area contributed by atoms with E-state index in [0.717, 1.165) is 44.3 Å².